The third kappa shape index (κ3) is 7.35. The number of benzene rings is 3. The Hall–Kier alpha value is -3.29. The van der Waals surface area contributed by atoms with E-state index in [1.165, 1.54) is 0 Å². The molecule has 1 amide bonds. The summed E-state index contributed by atoms with van der Waals surface area (Å²) in [5, 5.41) is 12.3. The molecule has 0 aliphatic heterocycles. The van der Waals surface area contributed by atoms with E-state index in [9.17, 15) is 14.7 Å². The third-order valence-electron chi connectivity index (χ3n) is 5.95. The zero-order chi connectivity index (χ0) is 25.9. The molecule has 0 saturated heterocycles. The molecule has 0 radical (unpaired) electrons. The summed E-state index contributed by atoms with van der Waals surface area (Å²) in [5.74, 6) is 0.0586. The smallest absolute Gasteiger partial charge is 0.326 e. The fourth-order valence-electron chi connectivity index (χ4n) is 3.99. The number of aliphatic carboxylic acids is 1. The summed E-state index contributed by atoms with van der Waals surface area (Å²) >= 11 is 1.55. The van der Waals surface area contributed by atoms with E-state index in [1.807, 2.05) is 73.8 Å². The topological polar surface area (TPSA) is 84.9 Å². The van der Waals surface area contributed by atoms with E-state index in [1.54, 1.807) is 24.9 Å². The molecule has 0 fully saturated rings. The molecule has 3 aromatic rings. The highest BCUT2D eigenvalue weighted by Gasteiger charge is 2.22. The number of aryl methyl sites for hydroxylation is 1. The van der Waals surface area contributed by atoms with E-state index >= 15 is 0 Å². The van der Waals surface area contributed by atoms with Crippen LogP contribution in [0.5, 0.6) is 5.75 Å². The number of ether oxygens (including phenoxy) is 2. The van der Waals surface area contributed by atoms with E-state index < -0.39 is 17.9 Å². The molecular formula is C29H33NO5S. The van der Waals surface area contributed by atoms with Crippen molar-refractivity contribution in [3.63, 3.8) is 0 Å². The first-order valence-electron chi connectivity index (χ1n) is 11.9. The van der Waals surface area contributed by atoms with Crippen LogP contribution in [0.2, 0.25) is 0 Å². The zero-order valence-electron chi connectivity index (χ0n) is 21.0. The lowest BCUT2D eigenvalue weighted by Gasteiger charge is -2.18. The van der Waals surface area contributed by atoms with E-state index in [2.05, 4.69) is 5.32 Å². The van der Waals surface area contributed by atoms with Gasteiger partial charge in [0.15, 0.2) is 0 Å². The molecule has 0 spiro atoms. The van der Waals surface area contributed by atoms with E-state index in [-0.39, 0.29) is 0 Å². The van der Waals surface area contributed by atoms with E-state index in [0.29, 0.717) is 31.0 Å². The van der Waals surface area contributed by atoms with Crippen molar-refractivity contribution in [1.82, 2.24) is 5.32 Å². The molecule has 190 valence electrons. The van der Waals surface area contributed by atoms with Gasteiger partial charge in [0.25, 0.3) is 5.91 Å². The Morgan fingerprint density at radius 1 is 1.03 bits per heavy atom. The number of carbonyl (C=O) groups is 2. The number of rotatable bonds is 13. The van der Waals surface area contributed by atoms with Gasteiger partial charge in [0.05, 0.1) is 20.3 Å². The lowest BCUT2D eigenvalue weighted by Crippen LogP contribution is -2.41. The van der Waals surface area contributed by atoms with Gasteiger partial charge in [0.1, 0.15) is 11.8 Å². The standard InChI is InChI=1S/C29H33NO5S/c1-20-8-4-6-10-23(20)25-18-21(19-35-16-14-22-9-5-7-11-27(22)34-2)12-13-24(25)28(31)30-26(29(32)33)15-17-36-3/h4-13,18,26H,14-17,19H2,1-3H3,(H,30,31)(H,32,33). The second-order valence-electron chi connectivity index (χ2n) is 8.46. The minimum absolute atomic E-state index is 0.361. The van der Waals surface area contributed by atoms with Gasteiger partial charge in [-0.3, -0.25) is 4.79 Å². The zero-order valence-corrected chi connectivity index (χ0v) is 21.8. The van der Waals surface area contributed by atoms with Gasteiger partial charge in [-0.2, -0.15) is 11.8 Å². The van der Waals surface area contributed by atoms with Crippen molar-refractivity contribution in [2.24, 2.45) is 0 Å². The predicted molar refractivity (Wildman–Crippen MR) is 145 cm³/mol. The van der Waals surface area contributed by atoms with Crippen LogP contribution in [0.15, 0.2) is 66.7 Å². The summed E-state index contributed by atoms with van der Waals surface area (Å²) in [6.07, 6.45) is 3.00. The molecule has 0 aliphatic carbocycles. The molecule has 1 atom stereocenters. The number of para-hydroxylation sites is 1. The Labute approximate surface area is 217 Å². The van der Waals surface area contributed by atoms with Crippen LogP contribution in [-0.2, 0) is 22.6 Å². The van der Waals surface area contributed by atoms with Crippen LogP contribution >= 0.6 is 11.8 Å². The Kier molecular flexibility index (Phi) is 10.4. The van der Waals surface area contributed by atoms with Gasteiger partial charge in [-0.1, -0.05) is 48.5 Å². The molecule has 2 N–H and O–H groups in total. The third-order valence-corrected chi connectivity index (χ3v) is 6.60. The Balaban J connectivity index is 1.79. The largest absolute Gasteiger partial charge is 0.496 e. The van der Waals surface area contributed by atoms with Gasteiger partial charge >= 0.3 is 5.97 Å². The van der Waals surface area contributed by atoms with Crippen molar-refractivity contribution >= 4 is 23.6 Å². The fraction of sp³-hybridized carbons (Fsp3) is 0.310. The lowest BCUT2D eigenvalue weighted by molar-refractivity contribution is -0.139. The maximum absolute atomic E-state index is 13.2. The lowest BCUT2D eigenvalue weighted by atomic mass is 9.93. The second-order valence-corrected chi connectivity index (χ2v) is 9.44. The minimum atomic E-state index is -1.03. The average molecular weight is 508 g/mol. The van der Waals surface area contributed by atoms with Crippen LogP contribution in [0.1, 0.15) is 33.5 Å². The predicted octanol–water partition coefficient (Wildman–Crippen LogP) is 5.37. The van der Waals surface area contributed by atoms with Crippen molar-refractivity contribution in [2.45, 2.75) is 32.4 Å². The Morgan fingerprint density at radius 2 is 1.78 bits per heavy atom. The van der Waals surface area contributed by atoms with Crippen molar-refractivity contribution < 1.29 is 24.2 Å². The summed E-state index contributed by atoms with van der Waals surface area (Å²) in [4.78, 5) is 24.9. The number of methoxy groups -OCH3 is 1. The number of amides is 1. The molecule has 3 aromatic carbocycles. The van der Waals surface area contributed by atoms with Crippen LogP contribution in [0, 0.1) is 6.92 Å². The molecule has 0 bridgehead atoms. The van der Waals surface area contributed by atoms with Crippen molar-refractivity contribution in [1.29, 1.82) is 0 Å². The molecule has 36 heavy (non-hydrogen) atoms. The van der Waals surface area contributed by atoms with Gasteiger partial charge in [-0.25, -0.2) is 4.79 Å². The fourth-order valence-corrected chi connectivity index (χ4v) is 4.46. The maximum Gasteiger partial charge on any atom is 0.326 e. The molecule has 0 aromatic heterocycles. The quantitative estimate of drug-likeness (QED) is 0.303. The molecule has 0 heterocycles. The van der Waals surface area contributed by atoms with Gasteiger partial charge in [-0.05, 0) is 77.8 Å². The second kappa shape index (κ2) is 13.7. The van der Waals surface area contributed by atoms with Crippen molar-refractivity contribution in [3.8, 4) is 16.9 Å². The molecule has 3 rings (SSSR count). The summed E-state index contributed by atoms with van der Waals surface area (Å²) in [5.41, 5.74) is 5.17. The minimum Gasteiger partial charge on any atom is -0.496 e. The van der Waals surface area contributed by atoms with Gasteiger partial charge in [0.2, 0.25) is 0 Å². The van der Waals surface area contributed by atoms with Crippen LogP contribution in [0.3, 0.4) is 0 Å². The number of thioether (sulfide) groups is 1. The highest BCUT2D eigenvalue weighted by Crippen LogP contribution is 2.29. The highest BCUT2D eigenvalue weighted by molar-refractivity contribution is 7.98. The first kappa shape index (κ1) is 27.3. The van der Waals surface area contributed by atoms with Crippen LogP contribution in [-0.4, -0.2) is 48.8 Å². The number of carbonyl (C=O) groups excluding carboxylic acids is 1. The van der Waals surface area contributed by atoms with Gasteiger partial charge < -0.3 is 19.9 Å². The van der Waals surface area contributed by atoms with Crippen molar-refractivity contribution in [3.05, 3.63) is 89.0 Å². The summed E-state index contributed by atoms with van der Waals surface area (Å²) < 4.78 is 11.4. The van der Waals surface area contributed by atoms with Gasteiger partial charge in [-0.15, -0.1) is 0 Å². The first-order valence-corrected chi connectivity index (χ1v) is 13.2. The summed E-state index contributed by atoms with van der Waals surface area (Å²) in [6.45, 7) is 2.91. The number of hydrogen-bond donors (Lipinski definition) is 2. The van der Waals surface area contributed by atoms with E-state index in [4.69, 9.17) is 9.47 Å². The van der Waals surface area contributed by atoms with E-state index in [0.717, 1.165) is 40.0 Å². The highest BCUT2D eigenvalue weighted by atomic mass is 32.2. The number of nitrogens with one attached hydrogen (secondary N) is 1. The molecule has 0 aliphatic rings. The monoisotopic (exact) mass is 507 g/mol. The first-order chi connectivity index (χ1) is 17.4. The molecular weight excluding hydrogens is 474 g/mol. The number of carboxylic acids is 1. The average Bonchev–Trinajstić information content (AvgIpc) is 2.89. The molecule has 6 nitrogen and oxygen atoms in total. The van der Waals surface area contributed by atoms with Crippen LogP contribution in [0.25, 0.3) is 11.1 Å². The normalized spacial score (nSPS) is 11.6. The Morgan fingerprint density at radius 3 is 2.50 bits per heavy atom. The number of carboxylic acid groups (broad SMARTS) is 1. The van der Waals surface area contributed by atoms with Gasteiger partial charge in [0, 0.05) is 5.56 Å². The van der Waals surface area contributed by atoms with Crippen LogP contribution < -0.4 is 10.1 Å². The van der Waals surface area contributed by atoms with Crippen molar-refractivity contribution in [2.75, 3.05) is 25.7 Å². The maximum atomic E-state index is 13.2. The molecule has 0 saturated carbocycles. The Bertz CT molecular complexity index is 1180. The SMILES string of the molecule is COc1ccccc1CCOCc1ccc(C(=O)NC(CCSC)C(=O)O)c(-c2ccccc2C)c1. The molecule has 1 unspecified atom stereocenters. The number of hydrogen-bond acceptors (Lipinski definition) is 5. The summed E-state index contributed by atoms with van der Waals surface area (Å²) in [6, 6.07) is 20.3. The summed E-state index contributed by atoms with van der Waals surface area (Å²) in [7, 11) is 1.66. The van der Waals surface area contributed by atoms with Crippen LogP contribution in [0.4, 0.5) is 0 Å². The molecule has 7 heteroatoms.